The van der Waals surface area contributed by atoms with Crippen LogP contribution in [0.2, 0.25) is 0 Å². The monoisotopic (exact) mass is 381 g/mol. The number of rotatable bonds is 3. The average molecular weight is 382 g/mol. The van der Waals surface area contributed by atoms with E-state index in [1.165, 1.54) is 27.1 Å². The number of aryl methyl sites for hydroxylation is 3. The normalized spacial score (nSPS) is 17.4. The van der Waals surface area contributed by atoms with Gasteiger partial charge in [-0.05, 0) is 50.3 Å². The van der Waals surface area contributed by atoms with Gasteiger partial charge in [0.25, 0.3) is 0 Å². The summed E-state index contributed by atoms with van der Waals surface area (Å²) < 4.78 is 0. The Morgan fingerprint density at radius 1 is 1.22 bits per heavy atom. The Morgan fingerprint density at radius 2 is 2.04 bits per heavy atom. The molecule has 2 aromatic heterocycles. The van der Waals surface area contributed by atoms with Gasteiger partial charge in [-0.1, -0.05) is 18.2 Å². The van der Waals surface area contributed by atoms with Crippen molar-refractivity contribution in [3.05, 3.63) is 40.5 Å². The predicted molar refractivity (Wildman–Crippen MR) is 110 cm³/mol. The van der Waals surface area contributed by atoms with E-state index in [1.54, 1.807) is 17.7 Å². The number of hydrogen-bond acceptors (Lipinski definition) is 5. The molecule has 6 heteroatoms. The van der Waals surface area contributed by atoms with Crippen molar-refractivity contribution >= 4 is 33.3 Å². The maximum absolute atomic E-state index is 11.5. The minimum atomic E-state index is -0.721. The molecule has 1 atom stereocenters. The topological polar surface area (TPSA) is 66.3 Å². The third-order valence-electron chi connectivity index (χ3n) is 5.51. The highest BCUT2D eigenvalue weighted by Crippen LogP contribution is 2.42. The van der Waals surface area contributed by atoms with Crippen molar-refractivity contribution < 1.29 is 9.90 Å². The van der Waals surface area contributed by atoms with Crippen LogP contribution in [0.3, 0.4) is 0 Å². The Labute approximate surface area is 162 Å². The number of aromatic nitrogens is 2. The molecule has 1 N–H and O–H groups in total. The number of anilines is 1. The molecule has 1 fully saturated rings. The van der Waals surface area contributed by atoms with Gasteiger partial charge in [0, 0.05) is 23.5 Å². The van der Waals surface area contributed by atoms with Crippen LogP contribution in [0, 0.1) is 26.7 Å². The van der Waals surface area contributed by atoms with Gasteiger partial charge in [0.2, 0.25) is 0 Å². The van der Waals surface area contributed by atoms with E-state index in [1.807, 2.05) is 0 Å². The molecule has 0 aliphatic carbocycles. The summed E-state index contributed by atoms with van der Waals surface area (Å²) in [7, 11) is 0. The first-order chi connectivity index (χ1) is 13.0. The van der Waals surface area contributed by atoms with Crippen LogP contribution < -0.4 is 4.90 Å². The number of piperidine rings is 1. The van der Waals surface area contributed by atoms with E-state index < -0.39 is 5.97 Å². The summed E-state index contributed by atoms with van der Waals surface area (Å²) in [6.07, 6.45) is 3.19. The predicted octanol–water partition coefficient (Wildman–Crippen LogP) is 4.58. The first-order valence-electron chi connectivity index (χ1n) is 9.25. The van der Waals surface area contributed by atoms with Gasteiger partial charge in [0.15, 0.2) is 0 Å². The van der Waals surface area contributed by atoms with Crippen molar-refractivity contribution in [2.75, 3.05) is 18.0 Å². The van der Waals surface area contributed by atoms with E-state index in [0.717, 1.165) is 35.4 Å². The summed E-state index contributed by atoms with van der Waals surface area (Å²) in [6, 6.07) is 6.53. The van der Waals surface area contributed by atoms with E-state index in [2.05, 4.69) is 53.8 Å². The molecule has 0 spiro atoms. The van der Waals surface area contributed by atoms with Gasteiger partial charge in [-0.15, -0.1) is 11.3 Å². The number of carboxylic acids is 1. The number of benzene rings is 1. The maximum atomic E-state index is 11.5. The van der Waals surface area contributed by atoms with Gasteiger partial charge < -0.3 is 10.0 Å². The zero-order chi connectivity index (χ0) is 19.1. The third-order valence-corrected chi connectivity index (χ3v) is 6.52. The number of hydrogen-bond donors (Lipinski definition) is 1. The Morgan fingerprint density at radius 3 is 2.78 bits per heavy atom. The van der Waals surface area contributed by atoms with Crippen molar-refractivity contribution in [2.45, 2.75) is 33.6 Å². The van der Waals surface area contributed by atoms with Crippen molar-refractivity contribution in [1.29, 1.82) is 0 Å². The summed E-state index contributed by atoms with van der Waals surface area (Å²) in [5.74, 6) is -0.196. The van der Waals surface area contributed by atoms with Crippen LogP contribution in [0.4, 0.5) is 5.82 Å². The van der Waals surface area contributed by atoms with Crippen LogP contribution in [0.5, 0.6) is 0 Å². The minimum Gasteiger partial charge on any atom is -0.481 e. The molecule has 3 heterocycles. The number of thiophene rings is 1. The van der Waals surface area contributed by atoms with E-state index in [-0.39, 0.29) is 5.92 Å². The van der Waals surface area contributed by atoms with Gasteiger partial charge >= 0.3 is 5.97 Å². The van der Waals surface area contributed by atoms with E-state index in [4.69, 9.17) is 0 Å². The van der Waals surface area contributed by atoms with Crippen LogP contribution in [0.25, 0.3) is 21.3 Å². The zero-order valence-corrected chi connectivity index (χ0v) is 16.6. The Kier molecular flexibility index (Phi) is 4.60. The third kappa shape index (κ3) is 3.18. The Bertz CT molecular complexity index is 1030. The maximum Gasteiger partial charge on any atom is 0.308 e. The van der Waals surface area contributed by atoms with Crippen molar-refractivity contribution in [2.24, 2.45) is 5.92 Å². The number of carboxylic acid groups (broad SMARTS) is 1. The molecule has 5 nitrogen and oxygen atoms in total. The van der Waals surface area contributed by atoms with E-state index >= 15 is 0 Å². The fraction of sp³-hybridized carbons (Fsp3) is 0.381. The van der Waals surface area contributed by atoms with Gasteiger partial charge in [-0.3, -0.25) is 4.79 Å². The van der Waals surface area contributed by atoms with Gasteiger partial charge in [0.05, 0.1) is 11.3 Å². The highest BCUT2D eigenvalue weighted by atomic mass is 32.1. The summed E-state index contributed by atoms with van der Waals surface area (Å²) >= 11 is 1.67. The largest absolute Gasteiger partial charge is 0.481 e. The van der Waals surface area contributed by atoms with Crippen molar-refractivity contribution in [3.63, 3.8) is 0 Å². The van der Waals surface area contributed by atoms with Crippen LogP contribution in [-0.4, -0.2) is 34.1 Å². The molecule has 4 rings (SSSR count). The van der Waals surface area contributed by atoms with Crippen LogP contribution in [0.1, 0.15) is 28.8 Å². The first-order valence-corrected chi connectivity index (χ1v) is 10.1. The second-order valence-corrected chi connectivity index (χ2v) is 8.54. The Hall–Kier alpha value is -2.47. The van der Waals surface area contributed by atoms with E-state index in [9.17, 15) is 9.90 Å². The zero-order valence-electron chi connectivity index (χ0n) is 15.8. The van der Waals surface area contributed by atoms with Gasteiger partial charge in [-0.2, -0.15) is 0 Å². The molecule has 0 amide bonds. The van der Waals surface area contributed by atoms with Gasteiger partial charge in [-0.25, -0.2) is 9.97 Å². The molecule has 3 aromatic rings. The standard InChI is InChI=1S/C21H23N3O2S/c1-12-6-7-15(9-13(12)2)17-14(3)27-20-18(17)19(22-11-23-20)24-8-4-5-16(10-24)21(25)26/h6-7,9,11,16H,4-5,8,10H2,1-3H3,(H,25,26). The summed E-state index contributed by atoms with van der Waals surface area (Å²) in [6.45, 7) is 7.70. The minimum absolute atomic E-state index is 0.339. The summed E-state index contributed by atoms with van der Waals surface area (Å²) in [5.41, 5.74) is 4.87. The van der Waals surface area contributed by atoms with Gasteiger partial charge in [0.1, 0.15) is 17.0 Å². The molecule has 1 saturated heterocycles. The SMILES string of the molecule is Cc1ccc(-c2c(C)sc3ncnc(N4CCCC(C(=O)O)C4)c23)cc1C. The molecule has 0 bridgehead atoms. The molecule has 1 unspecified atom stereocenters. The molecular formula is C21H23N3O2S. The highest BCUT2D eigenvalue weighted by molar-refractivity contribution is 7.19. The lowest BCUT2D eigenvalue weighted by molar-refractivity contribution is -0.141. The second-order valence-electron chi connectivity index (χ2n) is 7.33. The van der Waals surface area contributed by atoms with Crippen LogP contribution in [-0.2, 0) is 4.79 Å². The van der Waals surface area contributed by atoms with Crippen molar-refractivity contribution in [1.82, 2.24) is 9.97 Å². The molecular weight excluding hydrogens is 358 g/mol. The first kappa shape index (κ1) is 17.9. The Balaban J connectivity index is 1.87. The lowest BCUT2D eigenvalue weighted by Crippen LogP contribution is -2.39. The van der Waals surface area contributed by atoms with Crippen LogP contribution >= 0.6 is 11.3 Å². The molecule has 27 heavy (non-hydrogen) atoms. The fourth-order valence-electron chi connectivity index (χ4n) is 3.88. The summed E-state index contributed by atoms with van der Waals surface area (Å²) in [4.78, 5) is 24.9. The smallest absolute Gasteiger partial charge is 0.308 e. The van der Waals surface area contributed by atoms with Crippen LogP contribution in [0.15, 0.2) is 24.5 Å². The van der Waals surface area contributed by atoms with E-state index in [0.29, 0.717) is 6.54 Å². The number of carbonyl (C=O) groups is 1. The average Bonchev–Trinajstić information content (AvgIpc) is 3.00. The van der Waals surface area contributed by atoms with Crippen molar-refractivity contribution in [3.8, 4) is 11.1 Å². The lowest BCUT2D eigenvalue weighted by atomic mass is 9.96. The lowest BCUT2D eigenvalue weighted by Gasteiger charge is -2.32. The molecule has 140 valence electrons. The second kappa shape index (κ2) is 6.93. The molecule has 1 aliphatic heterocycles. The quantitative estimate of drug-likeness (QED) is 0.719. The highest BCUT2D eigenvalue weighted by Gasteiger charge is 2.28. The fourth-order valence-corrected chi connectivity index (χ4v) is 4.89. The number of aliphatic carboxylic acids is 1. The number of fused-ring (bicyclic) bond motifs is 1. The molecule has 0 radical (unpaired) electrons. The molecule has 1 aliphatic rings. The molecule has 1 aromatic carbocycles. The summed E-state index contributed by atoms with van der Waals surface area (Å²) in [5, 5.41) is 10.5. The number of nitrogens with zero attached hydrogens (tertiary/aromatic N) is 3. The molecule has 0 saturated carbocycles.